The van der Waals surface area contributed by atoms with Crippen molar-refractivity contribution in [2.75, 3.05) is 13.7 Å². The fraction of sp³-hybridized carbons (Fsp3) is 0.424. The topological polar surface area (TPSA) is 530 Å². The fourth-order valence-corrected chi connectivity index (χ4v) is 12.9. The van der Waals surface area contributed by atoms with Gasteiger partial charge in [-0.3, -0.25) is 33.6 Å². The maximum Gasteiger partial charge on any atom is 0.330 e. The first-order valence-electron chi connectivity index (χ1n) is 31.6. The number of nitrogens with two attached hydrogens (primary N) is 2. The Morgan fingerprint density at radius 2 is 1.32 bits per heavy atom. The molecule has 18 atom stereocenters. The highest BCUT2D eigenvalue weighted by molar-refractivity contribution is 6.32. The van der Waals surface area contributed by atoms with Crippen LogP contribution in [0.25, 0.3) is 11.1 Å². The van der Waals surface area contributed by atoms with E-state index in [1.807, 2.05) is 13.8 Å². The summed E-state index contributed by atoms with van der Waals surface area (Å²) in [6, 6.07) is -0.679. The summed E-state index contributed by atoms with van der Waals surface area (Å²) in [5, 5.41) is 131. The van der Waals surface area contributed by atoms with Crippen molar-refractivity contribution in [3.05, 3.63) is 117 Å². The Kier molecular flexibility index (Phi) is 22.2. The second-order valence-electron chi connectivity index (χ2n) is 25.7. The van der Waals surface area contributed by atoms with E-state index < -0.39 is 237 Å². The van der Waals surface area contributed by atoms with Gasteiger partial charge >= 0.3 is 5.97 Å². The lowest BCUT2D eigenvalue weighted by Crippen LogP contribution is -2.64. The number of nitrogens with one attached hydrogen (secondary N) is 7. The fourth-order valence-electron chi connectivity index (χ4n) is 12.5. The van der Waals surface area contributed by atoms with Gasteiger partial charge in [0.1, 0.15) is 89.5 Å². The molecule has 7 heterocycles. The molecule has 21 N–H and O–H groups in total. The third-order valence-corrected chi connectivity index (χ3v) is 18.4. The number of aromatic hydroxyl groups is 3. The number of carboxylic acids is 1. The lowest BCUT2D eigenvalue weighted by atomic mass is 9.86. The van der Waals surface area contributed by atoms with Crippen LogP contribution in [-0.4, -0.2) is 191 Å². The van der Waals surface area contributed by atoms with Crippen molar-refractivity contribution >= 4 is 70.5 Å². The summed E-state index contributed by atoms with van der Waals surface area (Å²) in [6.07, 6.45) is -18.6. The number of rotatable bonds is 13. The van der Waals surface area contributed by atoms with E-state index in [9.17, 15) is 75.0 Å². The summed E-state index contributed by atoms with van der Waals surface area (Å²) >= 11 is 14.1. The molecule has 5 aromatic rings. The lowest BCUT2D eigenvalue weighted by molar-refractivity contribution is -0.333. The molecule has 33 nitrogen and oxygen atoms in total. The number of carbonyl (C=O) groups excluding carboxylic acids is 7. The van der Waals surface area contributed by atoms with Gasteiger partial charge in [-0.2, -0.15) is 0 Å². The van der Waals surface area contributed by atoms with Crippen LogP contribution in [0, 0.1) is 5.92 Å². The molecule has 0 spiro atoms. The highest BCUT2D eigenvalue weighted by Crippen LogP contribution is 2.50. The zero-order valence-corrected chi connectivity index (χ0v) is 55.8. The first-order valence-corrected chi connectivity index (χ1v) is 32.4. The van der Waals surface area contributed by atoms with Gasteiger partial charge in [0.25, 0.3) is 0 Å². The number of ether oxygens (including phenoxy) is 6. The minimum absolute atomic E-state index is 0.0975. The molecule has 2 fully saturated rings. The van der Waals surface area contributed by atoms with Crippen LogP contribution in [0.15, 0.2) is 78.9 Å². The van der Waals surface area contributed by atoms with Gasteiger partial charge in [0.05, 0.1) is 41.3 Å². The van der Waals surface area contributed by atoms with E-state index in [0.717, 1.165) is 66.7 Å². The average Bonchev–Trinajstić information content (AvgIpc) is 0.775. The first-order chi connectivity index (χ1) is 47.7. The predicted molar refractivity (Wildman–Crippen MR) is 349 cm³/mol. The predicted octanol–water partition coefficient (Wildman–Crippen LogP) is 0.106. The molecule has 2 saturated heterocycles. The Bertz CT molecular complexity index is 4070. The molecule has 5 aromatic carbocycles. The number of phenolic OH excluding ortho intramolecular Hbond substituents is 3. The number of carbonyl (C=O) groups is 8. The number of amides is 7. The second kappa shape index (κ2) is 30.2. The highest BCUT2D eigenvalue weighted by Gasteiger charge is 2.51. The number of aliphatic hydroxyl groups excluding tert-OH is 6. The van der Waals surface area contributed by atoms with Crippen molar-refractivity contribution in [3.63, 3.8) is 0 Å². The molecular formula is C66H75Cl2N9O24. The van der Waals surface area contributed by atoms with E-state index in [0.29, 0.717) is 0 Å². The number of carboxylic acid groups (broad SMARTS) is 1. The minimum atomic E-state index is -2.35. The van der Waals surface area contributed by atoms with Crippen LogP contribution in [0.5, 0.6) is 46.0 Å². The van der Waals surface area contributed by atoms with Gasteiger partial charge in [-0.25, -0.2) is 4.79 Å². The number of likely N-dealkylation sites (N-methyl/N-ethyl adjacent to an activating group) is 1. The average molecular weight is 1450 g/mol. The van der Waals surface area contributed by atoms with Crippen molar-refractivity contribution in [3.8, 4) is 57.1 Å². The summed E-state index contributed by atoms with van der Waals surface area (Å²) in [7, 11) is 1.47. The van der Waals surface area contributed by atoms with Gasteiger partial charge in [0.15, 0.2) is 29.9 Å². The lowest BCUT2D eigenvalue weighted by Gasteiger charge is -2.47. The molecule has 101 heavy (non-hydrogen) atoms. The number of phenols is 3. The number of benzene rings is 5. The van der Waals surface area contributed by atoms with Crippen LogP contribution in [-0.2, 0) is 52.6 Å². The SMILES string of the molecule is CN[C@H](CC(C)C)C(=O)N[C@H]1C(=O)N[C@@H](CC(N)=O)C(=O)N[C@H]2C(=O)N[C@H]3C(=O)N[C@H](C(=O)N[C@@H](C(=O)O)c4cc(O)cc(O)c4-c4cc3ccc4O)[C@H](O)c3ccc(c(Cl)c3)Oc3cc2cc(c3OC2O[C@@H](CO)[C@@H](O)[C@H](O)[C@@H]2O[C@@H]2C[C@](C)(N)[C@H](O)[C@@H](C)O2)Oc2ccc(cc2Cl)[C@H]1O. The molecule has 542 valence electrons. The molecule has 35 heteroatoms. The Balaban J connectivity index is 1.24. The molecular weight excluding hydrogens is 1370 g/mol. The van der Waals surface area contributed by atoms with Crippen molar-refractivity contribution in [2.24, 2.45) is 17.4 Å². The summed E-state index contributed by atoms with van der Waals surface area (Å²) in [5.41, 5.74) is 8.00. The van der Waals surface area contributed by atoms with Gasteiger partial charge in [-0.1, -0.05) is 55.2 Å². The maximum absolute atomic E-state index is 16.0. The van der Waals surface area contributed by atoms with Gasteiger partial charge in [-0.15, -0.1) is 0 Å². The standard InChI is InChI=1S/C66H75Cl2N9O24/c1-23(2)12-34(71-5)58(88)76-49-51(83)26-7-10-38(32(67)14-26)97-40-16-28-17-41(55(40)101-65-56(54(86)53(85)42(22-78)99-65)100-44-21-66(4,70)57(87)24(3)96-44)98-39-11-8-27(15-33(39)68)52(84)50-63(93)75-48(64(94)95)31-18-29(79)19-37(81)45(31)30-13-25(6-9-36(30)80)46(60(90)77-50)74-61(91)47(28)73-59(89)35(20-43(69)82)72-62(49)92/h6-11,13-19,23-24,34-35,42,44,46-54,56-57,65,71,78-81,83-87H,12,20-22,70H2,1-5H3,(H2,69,82)(H,72,92)(H,73,89)(H,74,91)(H,75,93)(H,76,88)(H,77,90)(H,94,95)/t24-,34-,35+,42+,44-,46-,47-,48-,49-,50+,51-,52-,53-,54+,56+,57-,65?,66+/m1/s1. The highest BCUT2D eigenvalue weighted by atomic mass is 35.5. The smallest absolute Gasteiger partial charge is 0.330 e. The van der Waals surface area contributed by atoms with Crippen molar-refractivity contribution < 1.29 is 118 Å². The van der Waals surface area contributed by atoms with E-state index in [1.165, 1.54) is 33.0 Å². The first kappa shape index (κ1) is 74.5. The van der Waals surface area contributed by atoms with Crippen LogP contribution in [0.1, 0.15) is 105 Å². The largest absolute Gasteiger partial charge is 0.508 e. The molecule has 7 aliphatic rings. The van der Waals surface area contributed by atoms with E-state index in [-0.39, 0.29) is 46.2 Å². The third-order valence-electron chi connectivity index (χ3n) is 17.8. The number of hydrogen-bond acceptors (Lipinski definition) is 25. The Labute approximate surface area is 584 Å². The molecule has 12 rings (SSSR count). The van der Waals surface area contributed by atoms with E-state index in [2.05, 4.69) is 37.2 Å². The molecule has 0 radical (unpaired) electrons. The number of aliphatic carboxylic acids is 1. The number of hydrogen-bond donors (Lipinski definition) is 19. The third kappa shape index (κ3) is 15.8. The molecule has 0 saturated carbocycles. The van der Waals surface area contributed by atoms with Crippen LogP contribution >= 0.6 is 23.2 Å². The summed E-state index contributed by atoms with van der Waals surface area (Å²) in [4.78, 5) is 117. The van der Waals surface area contributed by atoms with Crippen LogP contribution in [0.3, 0.4) is 0 Å². The van der Waals surface area contributed by atoms with Gasteiger partial charge in [0.2, 0.25) is 53.4 Å². The normalized spacial score (nSPS) is 29.4. The minimum Gasteiger partial charge on any atom is -0.508 e. The molecule has 1 unspecified atom stereocenters. The molecule has 11 bridgehead atoms. The Morgan fingerprint density at radius 3 is 1.90 bits per heavy atom. The van der Waals surface area contributed by atoms with Crippen molar-refractivity contribution in [1.29, 1.82) is 0 Å². The quantitative estimate of drug-likeness (QED) is 0.0743. The summed E-state index contributed by atoms with van der Waals surface area (Å²) in [6.45, 7) is 5.66. The Morgan fingerprint density at radius 1 is 0.713 bits per heavy atom. The number of aliphatic hydroxyl groups is 6. The monoisotopic (exact) mass is 1450 g/mol. The van der Waals surface area contributed by atoms with E-state index in [1.54, 1.807) is 0 Å². The summed E-state index contributed by atoms with van der Waals surface area (Å²) < 4.78 is 38.3. The number of halogens is 2. The van der Waals surface area contributed by atoms with Crippen LogP contribution in [0.2, 0.25) is 10.0 Å². The molecule has 7 amide bonds. The summed E-state index contributed by atoms with van der Waals surface area (Å²) in [5.74, 6) is -16.0. The zero-order chi connectivity index (χ0) is 73.5. The van der Waals surface area contributed by atoms with Crippen LogP contribution in [0.4, 0.5) is 0 Å². The van der Waals surface area contributed by atoms with E-state index >= 15 is 14.4 Å². The molecule has 0 aliphatic carbocycles. The van der Waals surface area contributed by atoms with E-state index in [4.69, 9.17) is 63.1 Å². The van der Waals surface area contributed by atoms with Gasteiger partial charge in [0, 0.05) is 34.7 Å². The molecule has 0 aromatic heterocycles. The zero-order valence-electron chi connectivity index (χ0n) is 54.3. The van der Waals surface area contributed by atoms with Crippen molar-refractivity contribution in [1.82, 2.24) is 37.2 Å². The van der Waals surface area contributed by atoms with Crippen molar-refractivity contribution in [2.45, 2.75) is 156 Å². The van der Waals surface area contributed by atoms with Gasteiger partial charge < -0.3 is 128 Å². The Hall–Kier alpha value is -9.20. The van der Waals surface area contributed by atoms with Crippen LogP contribution < -0.4 is 62.9 Å². The maximum atomic E-state index is 16.0. The van der Waals surface area contributed by atoms with Gasteiger partial charge in [-0.05, 0) is 110 Å². The molecule has 7 aliphatic heterocycles. The second-order valence-corrected chi connectivity index (χ2v) is 26.5. The number of fused-ring (bicyclic) bond motifs is 15. The number of primary amides is 1.